The summed E-state index contributed by atoms with van der Waals surface area (Å²) in [6.45, 7) is 8.87. The molecule has 1 heterocycles. The predicted molar refractivity (Wildman–Crippen MR) is 133 cm³/mol. The Morgan fingerprint density at radius 2 is 1.91 bits per heavy atom. The fourth-order valence-electron chi connectivity index (χ4n) is 4.01. The minimum atomic E-state index is -0.265. The molecule has 0 bridgehead atoms. The van der Waals surface area contributed by atoms with E-state index in [-0.39, 0.29) is 11.9 Å². The van der Waals surface area contributed by atoms with Crippen molar-refractivity contribution in [1.82, 2.24) is 14.9 Å². The summed E-state index contributed by atoms with van der Waals surface area (Å²) in [5.41, 5.74) is 4.73. The average Bonchev–Trinajstić information content (AvgIpc) is 3.19. The van der Waals surface area contributed by atoms with Crippen LogP contribution in [0.4, 0.5) is 0 Å². The summed E-state index contributed by atoms with van der Waals surface area (Å²) in [5.74, 6) is 1.56. The number of carbonyl (C=O) groups is 1. The maximum atomic E-state index is 12.8. The van der Waals surface area contributed by atoms with Gasteiger partial charge in [0.25, 0.3) is 5.91 Å². The lowest BCUT2D eigenvalue weighted by Gasteiger charge is -2.17. The quantitative estimate of drug-likeness (QED) is 0.343. The average molecular weight is 440 g/mol. The second-order valence-electron chi connectivity index (χ2n) is 8.12. The first-order valence-electron chi connectivity index (χ1n) is 11.2. The van der Waals surface area contributed by atoms with E-state index < -0.39 is 0 Å². The van der Waals surface area contributed by atoms with Crippen LogP contribution in [-0.2, 0) is 13.0 Å². The molecule has 0 saturated heterocycles. The molecular weight excluding hydrogens is 410 g/mol. The van der Waals surface area contributed by atoms with Crippen LogP contribution >= 0.6 is 0 Å². The van der Waals surface area contributed by atoms with Gasteiger partial charge in [-0.05, 0) is 56.2 Å². The highest BCUT2D eigenvalue weighted by molar-refractivity contribution is 5.94. The van der Waals surface area contributed by atoms with Crippen molar-refractivity contribution < 1.29 is 9.53 Å². The Bertz CT molecular complexity index is 1280. The van der Waals surface area contributed by atoms with Crippen molar-refractivity contribution in [3.05, 3.63) is 108 Å². The van der Waals surface area contributed by atoms with Gasteiger partial charge in [-0.15, -0.1) is 6.58 Å². The molecule has 1 N–H and O–H groups in total. The number of carbonyl (C=O) groups excluding carboxylic acids is 1. The number of rotatable bonds is 9. The molecule has 0 radical (unpaired) electrons. The number of para-hydroxylation sites is 3. The predicted octanol–water partition coefficient (Wildman–Crippen LogP) is 5.64. The Morgan fingerprint density at radius 1 is 1.12 bits per heavy atom. The number of ether oxygens (including phenoxy) is 1. The van der Waals surface area contributed by atoms with Crippen molar-refractivity contribution in [3.63, 3.8) is 0 Å². The van der Waals surface area contributed by atoms with Gasteiger partial charge in [0.1, 0.15) is 18.2 Å². The second-order valence-corrected chi connectivity index (χ2v) is 8.12. The normalized spacial score (nSPS) is 11.8. The largest absolute Gasteiger partial charge is 0.491 e. The molecule has 1 unspecified atom stereocenters. The van der Waals surface area contributed by atoms with Gasteiger partial charge in [0, 0.05) is 5.56 Å². The summed E-state index contributed by atoms with van der Waals surface area (Å²) in [6.07, 6.45) is 2.64. The van der Waals surface area contributed by atoms with Crippen molar-refractivity contribution in [2.45, 2.75) is 32.9 Å². The lowest BCUT2D eigenvalue weighted by atomic mass is 10.1. The first-order valence-corrected chi connectivity index (χ1v) is 11.2. The highest BCUT2D eigenvalue weighted by atomic mass is 16.5. The molecule has 1 amide bonds. The van der Waals surface area contributed by atoms with Gasteiger partial charge in [-0.1, -0.05) is 54.1 Å². The van der Waals surface area contributed by atoms with E-state index in [0.29, 0.717) is 18.7 Å². The minimum Gasteiger partial charge on any atom is -0.491 e. The molecule has 0 aliphatic rings. The molecule has 4 rings (SSSR count). The second kappa shape index (κ2) is 10.2. The summed E-state index contributed by atoms with van der Waals surface area (Å²) in [6, 6.07) is 23.4. The molecule has 3 aromatic carbocycles. The zero-order valence-electron chi connectivity index (χ0n) is 19.1. The van der Waals surface area contributed by atoms with Gasteiger partial charge in [0.15, 0.2) is 0 Å². The van der Waals surface area contributed by atoms with Crippen LogP contribution in [0.3, 0.4) is 0 Å². The summed E-state index contributed by atoms with van der Waals surface area (Å²) >= 11 is 0. The van der Waals surface area contributed by atoms with Crippen LogP contribution in [-0.4, -0.2) is 22.1 Å². The van der Waals surface area contributed by atoms with Gasteiger partial charge in [-0.25, -0.2) is 4.98 Å². The minimum absolute atomic E-state index is 0.112. The van der Waals surface area contributed by atoms with Crippen LogP contribution < -0.4 is 10.1 Å². The van der Waals surface area contributed by atoms with Crippen molar-refractivity contribution in [3.8, 4) is 5.75 Å². The molecule has 33 heavy (non-hydrogen) atoms. The molecule has 1 atom stereocenters. The number of nitrogens with one attached hydrogen (secondary N) is 1. The Kier molecular flexibility index (Phi) is 6.89. The van der Waals surface area contributed by atoms with Gasteiger partial charge < -0.3 is 14.6 Å². The van der Waals surface area contributed by atoms with Crippen LogP contribution in [0.5, 0.6) is 5.75 Å². The Labute approximate surface area is 194 Å². The fraction of sp³-hybridized carbons (Fsp3) is 0.214. The maximum absolute atomic E-state index is 12.8. The SMILES string of the molecule is C=CCc1ccccc1OCCn1c(C(C)NC(=O)c2cccc(C)c2)nc2ccccc21. The van der Waals surface area contributed by atoms with Crippen LogP contribution in [0, 0.1) is 6.92 Å². The number of allylic oxidation sites excluding steroid dienone is 1. The van der Waals surface area contributed by atoms with Crippen LogP contribution in [0.1, 0.15) is 40.3 Å². The maximum Gasteiger partial charge on any atom is 0.251 e. The molecule has 0 aliphatic heterocycles. The van der Waals surface area contributed by atoms with Gasteiger partial charge in [0.2, 0.25) is 0 Å². The highest BCUT2D eigenvalue weighted by Crippen LogP contribution is 2.23. The fourth-order valence-corrected chi connectivity index (χ4v) is 4.01. The first kappa shape index (κ1) is 22.3. The van der Waals surface area contributed by atoms with Crippen LogP contribution in [0.25, 0.3) is 11.0 Å². The molecule has 4 aromatic rings. The van der Waals surface area contributed by atoms with E-state index in [4.69, 9.17) is 9.72 Å². The summed E-state index contributed by atoms with van der Waals surface area (Å²) in [5, 5.41) is 3.10. The molecule has 168 valence electrons. The number of hydrogen-bond donors (Lipinski definition) is 1. The van der Waals surface area contributed by atoms with Crippen LogP contribution in [0.2, 0.25) is 0 Å². The Balaban J connectivity index is 1.54. The van der Waals surface area contributed by atoms with Crippen molar-refractivity contribution >= 4 is 16.9 Å². The molecule has 5 nitrogen and oxygen atoms in total. The number of fused-ring (bicyclic) bond motifs is 1. The van der Waals surface area contributed by atoms with E-state index in [2.05, 4.69) is 22.5 Å². The first-order chi connectivity index (χ1) is 16.1. The summed E-state index contributed by atoms with van der Waals surface area (Å²) in [7, 11) is 0. The third-order valence-corrected chi connectivity index (χ3v) is 5.61. The highest BCUT2D eigenvalue weighted by Gasteiger charge is 2.19. The van der Waals surface area contributed by atoms with Crippen molar-refractivity contribution in [2.75, 3.05) is 6.61 Å². The molecule has 0 aliphatic carbocycles. The van der Waals surface area contributed by atoms with Crippen molar-refractivity contribution in [1.29, 1.82) is 0 Å². The van der Waals surface area contributed by atoms with E-state index in [9.17, 15) is 4.79 Å². The number of benzene rings is 3. The molecule has 0 spiro atoms. The van der Waals surface area contributed by atoms with Crippen LogP contribution in [0.15, 0.2) is 85.5 Å². The van der Waals surface area contributed by atoms with E-state index in [1.165, 1.54) is 0 Å². The number of nitrogens with zero attached hydrogens (tertiary/aromatic N) is 2. The van der Waals surface area contributed by atoms with Gasteiger partial charge in [0.05, 0.1) is 23.6 Å². The lowest BCUT2D eigenvalue weighted by Crippen LogP contribution is -2.29. The zero-order valence-corrected chi connectivity index (χ0v) is 19.1. The third-order valence-electron chi connectivity index (χ3n) is 5.61. The summed E-state index contributed by atoms with van der Waals surface area (Å²) in [4.78, 5) is 17.7. The lowest BCUT2D eigenvalue weighted by molar-refractivity contribution is 0.0937. The Hall–Kier alpha value is -3.86. The van der Waals surface area contributed by atoms with Gasteiger partial charge in [-0.3, -0.25) is 4.79 Å². The van der Waals surface area contributed by atoms with Crippen molar-refractivity contribution in [2.24, 2.45) is 0 Å². The van der Waals surface area contributed by atoms with E-state index in [0.717, 1.165) is 40.2 Å². The molecule has 1 aromatic heterocycles. The van der Waals surface area contributed by atoms with E-state index in [1.54, 1.807) is 0 Å². The number of aromatic nitrogens is 2. The molecule has 5 heteroatoms. The monoisotopic (exact) mass is 439 g/mol. The number of aryl methyl sites for hydroxylation is 1. The summed E-state index contributed by atoms with van der Waals surface area (Å²) < 4.78 is 8.26. The number of imidazole rings is 1. The van der Waals surface area contributed by atoms with E-state index in [1.807, 2.05) is 86.7 Å². The standard InChI is InChI=1S/C28H29N3O2/c1-4-10-22-12-5-8-16-26(22)33-18-17-31-25-15-7-6-14-24(25)30-27(31)21(3)29-28(32)23-13-9-11-20(2)19-23/h4-9,11-16,19,21H,1,10,17-18H2,2-3H3,(H,29,32). The molecule has 0 saturated carbocycles. The third kappa shape index (κ3) is 5.14. The number of amides is 1. The zero-order chi connectivity index (χ0) is 23.2. The van der Waals surface area contributed by atoms with Gasteiger partial charge >= 0.3 is 0 Å². The Morgan fingerprint density at radius 3 is 2.73 bits per heavy atom. The topological polar surface area (TPSA) is 56.1 Å². The van der Waals surface area contributed by atoms with E-state index >= 15 is 0 Å². The molecule has 0 fully saturated rings. The number of hydrogen-bond acceptors (Lipinski definition) is 3. The van der Waals surface area contributed by atoms with Gasteiger partial charge in [-0.2, -0.15) is 0 Å². The smallest absolute Gasteiger partial charge is 0.251 e. The molecular formula is C28H29N3O2.